The molecule has 1 amide bonds. The summed E-state index contributed by atoms with van der Waals surface area (Å²) in [5, 5.41) is 22.2. The van der Waals surface area contributed by atoms with Crippen LogP contribution in [0.1, 0.15) is 17.2 Å². The van der Waals surface area contributed by atoms with Gasteiger partial charge in [-0.05, 0) is 18.2 Å². The van der Waals surface area contributed by atoms with Gasteiger partial charge in [0.2, 0.25) is 5.91 Å². The maximum atomic E-state index is 13.7. The van der Waals surface area contributed by atoms with E-state index in [9.17, 15) is 23.7 Å². The first-order valence-corrected chi connectivity index (χ1v) is 6.99. The fraction of sp³-hybridized carbons (Fsp3) is 0.0588. The van der Waals surface area contributed by atoms with Gasteiger partial charge >= 0.3 is 0 Å². The van der Waals surface area contributed by atoms with Gasteiger partial charge in [0.15, 0.2) is 0 Å². The minimum atomic E-state index is -1.33. The van der Waals surface area contributed by atoms with Crippen LogP contribution < -0.4 is 5.32 Å². The van der Waals surface area contributed by atoms with Crippen molar-refractivity contribution >= 4 is 17.7 Å². The lowest BCUT2D eigenvalue weighted by Gasteiger charge is -2.11. The van der Waals surface area contributed by atoms with Crippen LogP contribution in [-0.2, 0) is 4.79 Å². The van der Waals surface area contributed by atoms with E-state index in [1.807, 2.05) is 0 Å². The van der Waals surface area contributed by atoms with Gasteiger partial charge in [0.25, 0.3) is 5.69 Å². The molecule has 126 valence electrons. The Balaban J connectivity index is 2.16. The molecule has 8 heteroatoms. The van der Waals surface area contributed by atoms with Crippen molar-refractivity contribution < 1.29 is 18.5 Å². The van der Waals surface area contributed by atoms with E-state index in [0.29, 0.717) is 6.07 Å². The molecule has 0 heterocycles. The number of nitriles is 1. The molecule has 0 aliphatic heterocycles. The van der Waals surface area contributed by atoms with Gasteiger partial charge in [0.05, 0.1) is 16.6 Å². The maximum absolute atomic E-state index is 13.7. The van der Waals surface area contributed by atoms with Crippen molar-refractivity contribution in [2.75, 3.05) is 0 Å². The Morgan fingerprint density at radius 1 is 1.28 bits per heavy atom. The molecule has 2 aromatic rings. The molecule has 1 atom stereocenters. The number of nitrogens with zero attached hydrogens (tertiary/aromatic N) is 2. The van der Waals surface area contributed by atoms with E-state index in [1.165, 1.54) is 24.3 Å². The van der Waals surface area contributed by atoms with Crippen LogP contribution in [0.4, 0.5) is 14.5 Å². The number of benzene rings is 2. The van der Waals surface area contributed by atoms with E-state index >= 15 is 0 Å². The second-order valence-electron chi connectivity index (χ2n) is 4.89. The zero-order valence-corrected chi connectivity index (χ0v) is 12.6. The summed E-state index contributed by atoms with van der Waals surface area (Å²) in [6.07, 6.45) is 2.21. The highest BCUT2D eigenvalue weighted by molar-refractivity contribution is 5.92. The van der Waals surface area contributed by atoms with Gasteiger partial charge in [-0.3, -0.25) is 14.9 Å². The van der Waals surface area contributed by atoms with E-state index in [0.717, 1.165) is 18.2 Å². The average Bonchev–Trinajstić information content (AvgIpc) is 2.58. The summed E-state index contributed by atoms with van der Waals surface area (Å²) in [4.78, 5) is 22.2. The first-order valence-electron chi connectivity index (χ1n) is 6.99. The van der Waals surface area contributed by atoms with Gasteiger partial charge in [-0.1, -0.05) is 18.2 Å². The second kappa shape index (κ2) is 7.79. The van der Waals surface area contributed by atoms with E-state index in [-0.39, 0.29) is 16.8 Å². The predicted octanol–water partition coefficient (Wildman–Crippen LogP) is 3.27. The van der Waals surface area contributed by atoms with Crippen molar-refractivity contribution in [2.45, 2.75) is 6.04 Å². The number of nitro benzene ring substituents is 1. The van der Waals surface area contributed by atoms with Crippen molar-refractivity contribution in [3.8, 4) is 6.07 Å². The smallest absolute Gasteiger partial charge is 0.276 e. The summed E-state index contributed by atoms with van der Waals surface area (Å²) in [6.45, 7) is 0. The molecule has 0 saturated carbocycles. The van der Waals surface area contributed by atoms with Crippen molar-refractivity contribution in [3.63, 3.8) is 0 Å². The maximum Gasteiger partial charge on any atom is 0.276 e. The number of para-hydroxylation sites is 1. The number of halogens is 2. The summed E-state index contributed by atoms with van der Waals surface area (Å²) in [7, 11) is 0. The third-order valence-electron chi connectivity index (χ3n) is 3.24. The largest absolute Gasteiger partial charge is 0.333 e. The summed E-state index contributed by atoms with van der Waals surface area (Å²) in [5.41, 5.74) is -0.173. The van der Waals surface area contributed by atoms with Gasteiger partial charge in [-0.15, -0.1) is 0 Å². The first kappa shape index (κ1) is 17.7. The number of amides is 1. The molecule has 0 aliphatic rings. The molecule has 25 heavy (non-hydrogen) atoms. The number of nitrogens with one attached hydrogen (secondary N) is 1. The minimum absolute atomic E-state index is 0.184. The van der Waals surface area contributed by atoms with Gasteiger partial charge in [0.1, 0.15) is 17.7 Å². The van der Waals surface area contributed by atoms with Crippen LogP contribution in [0.15, 0.2) is 48.5 Å². The molecule has 0 aliphatic carbocycles. The van der Waals surface area contributed by atoms with Crippen molar-refractivity contribution in [2.24, 2.45) is 0 Å². The van der Waals surface area contributed by atoms with Crippen molar-refractivity contribution in [3.05, 3.63) is 81.4 Å². The average molecular weight is 343 g/mol. The van der Waals surface area contributed by atoms with Crippen LogP contribution in [0.25, 0.3) is 6.08 Å². The summed E-state index contributed by atoms with van der Waals surface area (Å²) in [6, 6.07) is 8.79. The SMILES string of the molecule is N#C[C@H](NC(=O)/C=C/c1ccccc1[N+](=O)[O-])c1ccc(F)cc1F. The lowest BCUT2D eigenvalue weighted by atomic mass is 10.1. The van der Waals surface area contributed by atoms with Gasteiger partial charge < -0.3 is 5.32 Å². The molecule has 0 aromatic heterocycles. The van der Waals surface area contributed by atoms with Crippen LogP contribution in [0.2, 0.25) is 0 Å². The van der Waals surface area contributed by atoms with Crippen LogP contribution in [0.3, 0.4) is 0 Å². The van der Waals surface area contributed by atoms with Gasteiger partial charge in [-0.25, -0.2) is 8.78 Å². The van der Waals surface area contributed by atoms with Gasteiger partial charge in [0, 0.05) is 23.8 Å². The minimum Gasteiger partial charge on any atom is -0.333 e. The lowest BCUT2D eigenvalue weighted by molar-refractivity contribution is -0.385. The molecular formula is C17H11F2N3O3. The molecule has 0 unspecified atom stereocenters. The molecule has 0 spiro atoms. The third kappa shape index (κ3) is 4.45. The van der Waals surface area contributed by atoms with Crippen molar-refractivity contribution in [1.82, 2.24) is 5.32 Å². The quantitative estimate of drug-likeness (QED) is 0.512. The first-order chi connectivity index (χ1) is 11.9. The monoisotopic (exact) mass is 343 g/mol. The van der Waals surface area contributed by atoms with E-state index in [4.69, 9.17) is 5.26 Å². The van der Waals surface area contributed by atoms with E-state index < -0.39 is 28.5 Å². The molecule has 0 fully saturated rings. The topological polar surface area (TPSA) is 96.0 Å². The Morgan fingerprint density at radius 2 is 2.00 bits per heavy atom. The fourth-order valence-electron chi connectivity index (χ4n) is 2.07. The zero-order chi connectivity index (χ0) is 18.4. The highest BCUT2D eigenvalue weighted by atomic mass is 19.1. The Hall–Kier alpha value is -3.60. The number of hydrogen-bond acceptors (Lipinski definition) is 4. The summed E-state index contributed by atoms with van der Waals surface area (Å²) in [5.74, 6) is -2.52. The number of carbonyl (C=O) groups excluding carboxylic acids is 1. The molecule has 1 N–H and O–H groups in total. The number of hydrogen-bond donors (Lipinski definition) is 1. The second-order valence-corrected chi connectivity index (χ2v) is 4.89. The number of nitro groups is 1. The third-order valence-corrected chi connectivity index (χ3v) is 3.24. The number of rotatable bonds is 5. The molecular weight excluding hydrogens is 332 g/mol. The molecule has 2 rings (SSSR count). The highest BCUT2D eigenvalue weighted by Gasteiger charge is 2.17. The zero-order valence-electron chi connectivity index (χ0n) is 12.6. The van der Waals surface area contributed by atoms with Gasteiger partial charge in [-0.2, -0.15) is 5.26 Å². The predicted molar refractivity (Wildman–Crippen MR) is 85.0 cm³/mol. The highest BCUT2D eigenvalue weighted by Crippen LogP contribution is 2.20. The van der Waals surface area contributed by atoms with Crippen LogP contribution in [0.5, 0.6) is 0 Å². The lowest BCUT2D eigenvalue weighted by Crippen LogP contribution is -2.26. The van der Waals surface area contributed by atoms with E-state index in [2.05, 4.69) is 5.32 Å². The Morgan fingerprint density at radius 3 is 2.64 bits per heavy atom. The molecule has 2 aromatic carbocycles. The van der Waals surface area contributed by atoms with Crippen LogP contribution in [0, 0.1) is 33.1 Å². The molecule has 0 bridgehead atoms. The summed E-state index contributed by atoms with van der Waals surface area (Å²) >= 11 is 0. The normalized spacial score (nSPS) is 11.7. The Kier molecular flexibility index (Phi) is 5.53. The fourth-order valence-corrected chi connectivity index (χ4v) is 2.07. The van der Waals surface area contributed by atoms with Crippen molar-refractivity contribution in [1.29, 1.82) is 5.26 Å². The number of carbonyl (C=O) groups is 1. The van der Waals surface area contributed by atoms with Crippen LogP contribution in [-0.4, -0.2) is 10.8 Å². The molecule has 0 saturated heterocycles. The summed E-state index contributed by atoms with van der Waals surface area (Å²) < 4.78 is 26.6. The van der Waals surface area contributed by atoms with E-state index in [1.54, 1.807) is 12.1 Å². The van der Waals surface area contributed by atoms with Crippen LogP contribution >= 0.6 is 0 Å². The Bertz CT molecular complexity index is 891. The molecule has 6 nitrogen and oxygen atoms in total. The molecule has 0 radical (unpaired) electrons. The standard InChI is InChI=1S/C17H11F2N3O3/c18-12-6-7-13(14(19)9-12)15(10-20)21-17(23)8-5-11-3-1-2-4-16(11)22(24)25/h1-9,15H,(H,21,23)/b8-5+/t15-/m0/s1. The Labute approximate surface area is 141 Å².